The molecule has 0 aliphatic rings. The van der Waals surface area contributed by atoms with Crippen molar-refractivity contribution in [1.82, 2.24) is 14.8 Å². The third-order valence-electron chi connectivity index (χ3n) is 4.22. The van der Waals surface area contributed by atoms with E-state index in [1.54, 1.807) is 36.7 Å². The molecule has 0 saturated heterocycles. The summed E-state index contributed by atoms with van der Waals surface area (Å²) in [7, 11) is -3.70. The molecule has 2 heterocycles. The van der Waals surface area contributed by atoms with Crippen LogP contribution in [0.15, 0.2) is 71.1 Å². The lowest BCUT2D eigenvalue weighted by Gasteiger charge is -2.13. The number of aryl methyl sites for hydroxylation is 2. The molecule has 0 fully saturated rings. The van der Waals surface area contributed by atoms with Crippen molar-refractivity contribution in [2.45, 2.75) is 18.7 Å². The second kappa shape index (κ2) is 7.69. The molecule has 148 valence electrons. The molecule has 9 heteroatoms. The van der Waals surface area contributed by atoms with Gasteiger partial charge in [0.15, 0.2) is 5.13 Å². The molecule has 0 aliphatic heterocycles. The van der Waals surface area contributed by atoms with Crippen molar-refractivity contribution in [3.63, 3.8) is 0 Å². The summed E-state index contributed by atoms with van der Waals surface area (Å²) in [4.78, 5) is 4.19. The first kappa shape index (κ1) is 19.2. The van der Waals surface area contributed by atoms with E-state index in [1.807, 2.05) is 48.0 Å². The molecule has 4 rings (SSSR count). The van der Waals surface area contributed by atoms with Gasteiger partial charge in [-0.2, -0.15) is 5.10 Å². The first-order valence-corrected chi connectivity index (χ1v) is 11.2. The van der Waals surface area contributed by atoms with Gasteiger partial charge in [0.2, 0.25) is 0 Å². The molecule has 4 aromatic rings. The third-order valence-corrected chi connectivity index (χ3v) is 6.54. The number of para-hydroxylation sites is 1. The van der Waals surface area contributed by atoms with Crippen molar-refractivity contribution in [3.05, 3.63) is 77.4 Å². The number of aromatic nitrogens is 3. The number of benzene rings is 2. The summed E-state index contributed by atoms with van der Waals surface area (Å²) in [5, 5.41) is 9.93. The van der Waals surface area contributed by atoms with Crippen LogP contribution >= 0.6 is 11.3 Å². The van der Waals surface area contributed by atoms with Crippen LogP contribution in [-0.2, 0) is 10.0 Å². The molecule has 7 nitrogen and oxygen atoms in total. The first-order chi connectivity index (χ1) is 13.9. The van der Waals surface area contributed by atoms with Gasteiger partial charge in [-0.15, -0.1) is 11.3 Å². The van der Waals surface area contributed by atoms with Crippen LogP contribution in [0.25, 0.3) is 5.69 Å². The molecule has 0 bridgehead atoms. The molecule has 0 radical (unpaired) electrons. The predicted octanol–water partition coefficient (Wildman–Crippen LogP) is 4.49. The normalized spacial score (nSPS) is 11.4. The number of hydrogen-bond acceptors (Lipinski definition) is 6. The van der Waals surface area contributed by atoms with E-state index in [1.165, 1.54) is 11.3 Å². The maximum absolute atomic E-state index is 12.7. The lowest BCUT2D eigenvalue weighted by Crippen LogP contribution is -2.14. The van der Waals surface area contributed by atoms with E-state index < -0.39 is 10.0 Å². The number of nitrogens with one attached hydrogen (secondary N) is 2. The predicted molar refractivity (Wildman–Crippen MR) is 116 cm³/mol. The summed E-state index contributed by atoms with van der Waals surface area (Å²) in [5.41, 5.74) is 3.21. The zero-order valence-electron chi connectivity index (χ0n) is 15.8. The molecule has 0 unspecified atom stereocenters. The van der Waals surface area contributed by atoms with Gasteiger partial charge in [-0.1, -0.05) is 18.2 Å². The largest absolute Gasteiger partial charge is 0.340 e. The maximum atomic E-state index is 12.7. The Balaban J connectivity index is 1.61. The van der Waals surface area contributed by atoms with Crippen molar-refractivity contribution in [2.24, 2.45) is 0 Å². The van der Waals surface area contributed by atoms with Crippen LogP contribution in [0.3, 0.4) is 0 Å². The molecule has 0 atom stereocenters. The number of rotatable bonds is 6. The third kappa shape index (κ3) is 4.15. The van der Waals surface area contributed by atoms with Gasteiger partial charge in [0.25, 0.3) is 10.0 Å². The highest BCUT2D eigenvalue weighted by atomic mass is 32.2. The smallest absolute Gasteiger partial charge is 0.263 e. The molecule has 2 aromatic carbocycles. The molecule has 2 aromatic heterocycles. The van der Waals surface area contributed by atoms with Crippen LogP contribution in [0.2, 0.25) is 0 Å². The Hall–Kier alpha value is -3.17. The van der Waals surface area contributed by atoms with Crippen molar-refractivity contribution in [3.8, 4) is 5.69 Å². The van der Waals surface area contributed by atoms with E-state index in [-0.39, 0.29) is 4.90 Å². The fourth-order valence-electron chi connectivity index (χ4n) is 2.97. The second-order valence-corrected chi connectivity index (χ2v) is 9.01. The van der Waals surface area contributed by atoms with Crippen LogP contribution in [0.1, 0.15) is 11.3 Å². The number of anilines is 3. The number of hydrogen-bond donors (Lipinski definition) is 2. The Bertz CT molecular complexity index is 1230. The molecule has 0 saturated carbocycles. The molecular formula is C20H19N5O2S2. The van der Waals surface area contributed by atoms with Crippen LogP contribution in [0.5, 0.6) is 0 Å². The van der Waals surface area contributed by atoms with Gasteiger partial charge >= 0.3 is 0 Å². The number of sulfonamides is 1. The SMILES string of the molecule is Cc1cc(Nc2ccc(S(=O)(=O)Nc3nccs3)c(C)c2)n(-c2ccccc2)n1. The first-order valence-electron chi connectivity index (χ1n) is 8.84. The molecule has 0 spiro atoms. The zero-order valence-corrected chi connectivity index (χ0v) is 17.5. The summed E-state index contributed by atoms with van der Waals surface area (Å²) >= 11 is 1.23. The lowest BCUT2D eigenvalue weighted by molar-refractivity contribution is 0.600. The minimum atomic E-state index is -3.70. The number of thiazole rings is 1. The van der Waals surface area contributed by atoms with Crippen LogP contribution in [0, 0.1) is 13.8 Å². The van der Waals surface area contributed by atoms with E-state index in [4.69, 9.17) is 0 Å². The van der Waals surface area contributed by atoms with E-state index >= 15 is 0 Å². The molecule has 0 aliphatic carbocycles. The summed E-state index contributed by atoms with van der Waals surface area (Å²) in [5.74, 6) is 0.796. The van der Waals surface area contributed by atoms with Gasteiger partial charge in [-0.3, -0.25) is 4.72 Å². The fraction of sp³-hybridized carbons (Fsp3) is 0.100. The highest BCUT2D eigenvalue weighted by Gasteiger charge is 2.18. The van der Waals surface area contributed by atoms with Crippen LogP contribution in [-0.4, -0.2) is 23.2 Å². The molecule has 0 amide bonds. The number of nitrogens with zero attached hydrogens (tertiary/aromatic N) is 3. The van der Waals surface area contributed by atoms with Gasteiger partial charge in [-0.05, 0) is 49.7 Å². The van der Waals surface area contributed by atoms with Crippen molar-refractivity contribution >= 4 is 38.0 Å². The Morgan fingerprint density at radius 3 is 2.52 bits per heavy atom. The van der Waals surface area contributed by atoms with E-state index in [9.17, 15) is 8.42 Å². The van der Waals surface area contributed by atoms with E-state index in [0.29, 0.717) is 10.7 Å². The summed E-state index contributed by atoms with van der Waals surface area (Å²) in [6.45, 7) is 3.69. The molecule has 2 N–H and O–H groups in total. The maximum Gasteiger partial charge on any atom is 0.263 e. The second-order valence-electron chi connectivity index (χ2n) is 6.47. The Labute approximate surface area is 173 Å². The van der Waals surface area contributed by atoms with Gasteiger partial charge in [0, 0.05) is 23.3 Å². The highest BCUT2D eigenvalue weighted by Crippen LogP contribution is 2.26. The average molecular weight is 426 g/mol. The molecular weight excluding hydrogens is 406 g/mol. The Morgan fingerprint density at radius 1 is 1.03 bits per heavy atom. The highest BCUT2D eigenvalue weighted by molar-refractivity contribution is 7.93. The summed E-state index contributed by atoms with van der Waals surface area (Å²) in [6.07, 6.45) is 1.56. The average Bonchev–Trinajstić information content (AvgIpc) is 3.31. The van der Waals surface area contributed by atoms with Gasteiger partial charge < -0.3 is 5.32 Å². The van der Waals surface area contributed by atoms with Gasteiger partial charge in [0.05, 0.1) is 16.3 Å². The Kier molecular flexibility index (Phi) is 5.08. The van der Waals surface area contributed by atoms with Gasteiger partial charge in [0.1, 0.15) is 5.82 Å². The van der Waals surface area contributed by atoms with Crippen molar-refractivity contribution < 1.29 is 8.42 Å². The summed E-state index contributed by atoms with van der Waals surface area (Å²) < 4.78 is 29.6. The quantitative estimate of drug-likeness (QED) is 0.475. The fourth-order valence-corrected chi connectivity index (χ4v) is 4.99. The lowest BCUT2D eigenvalue weighted by atomic mass is 10.2. The van der Waals surface area contributed by atoms with Crippen molar-refractivity contribution in [2.75, 3.05) is 10.0 Å². The topological polar surface area (TPSA) is 88.9 Å². The van der Waals surface area contributed by atoms with Crippen LogP contribution in [0.4, 0.5) is 16.6 Å². The monoisotopic (exact) mass is 425 g/mol. The van der Waals surface area contributed by atoms with Gasteiger partial charge in [-0.25, -0.2) is 18.1 Å². The molecule has 29 heavy (non-hydrogen) atoms. The summed E-state index contributed by atoms with van der Waals surface area (Å²) in [6, 6.07) is 16.9. The Morgan fingerprint density at radius 2 is 1.83 bits per heavy atom. The van der Waals surface area contributed by atoms with E-state index in [0.717, 1.165) is 22.9 Å². The van der Waals surface area contributed by atoms with Crippen LogP contribution < -0.4 is 10.0 Å². The van der Waals surface area contributed by atoms with Crippen molar-refractivity contribution in [1.29, 1.82) is 0 Å². The minimum absolute atomic E-state index is 0.214. The minimum Gasteiger partial charge on any atom is -0.340 e. The standard InChI is InChI=1S/C20H19N5O2S2/c1-14-12-16(8-9-18(14)29(26,27)24-20-21-10-11-28-20)22-19-13-15(2)23-25(19)17-6-4-3-5-7-17/h3-13,22H,1-2H3,(H,21,24). The zero-order chi connectivity index (χ0) is 20.4. The van der Waals surface area contributed by atoms with E-state index in [2.05, 4.69) is 20.1 Å².